The lowest BCUT2D eigenvalue weighted by Crippen LogP contribution is -2.20. The van der Waals surface area contributed by atoms with Gasteiger partial charge < -0.3 is 15.2 Å². The van der Waals surface area contributed by atoms with Crippen molar-refractivity contribution < 1.29 is 76.2 Å². The van der Waals surface area contributed by atoms with E-state index in [0.717, 1.165) is 34.8 Å². The SMILES string of the molecule is C/C=C/C(=O)CCC(=O)C(C)(C)C.C=C(C)C(=O)CCC(=O)C(C)(C)C.CC(C)(C)C(=O)CCC(=O)/C=C/C1CC1.CC(C)=CC(=O)C(C)(C)C.CC(C)=CC(=O)CCC(=O)C(C)(C)C.CC(C)C.CC/C=C/C(=O)CCC(=O)C(C)(C)C.COC(=O)/C=C/COC(C)(C)C.NC(=O)c1csc(F)n1. The summed E-state index contributed by atoms with van der Waals surface area (Å²) in [5, 5.41) is 0.640. The Kier molecular flexibility index (Phi) is 59.8. The Labute approximate surface area is 632 Å². The molecule has 0 radical (unpaired) electrons. The Hall–Kier alpha value is -6.99. The number of nitrogens with two attached hydrogens (primary N) is 1. The van der Waals surface area contributed by atoms with Gasteiger partial charge in [-0.3, -0.25) is 57.5 Å². The second kappa shape index (κ2) is 56.4. The molecule has 19 heteroatoms. The van der Waals surface area contributed by atoms with Gasteiger partial charge in [-0.2, -0.15) is 4.39 Å². The van der Waals surface area contributed by atoms with Crippen molar-refractivity contribution >= 4 is 86.8 Å². The van der Waals surface area contributed by atoms with Gasteiger partial charge in [0.1, 0.15) is 34.6 Å². The lowest BCUT2D eigenvalue weighted by molar-refractivity contribution is -0.135. The molecule has 0 unspecified atom stereocenters. The van der Waals surface area contributed by atoms with E-state index in [2.05, 4.69) is 37.1 Å². The van der Waals surface area contributed by atoms with Gasteiger partial charge in [-0.15, -0.1) is 0 Å². The van der Waals surface area contributed by atoms with E-state index in [9.17, 15) is 66.7 Å². The molecule has 594 valence electrons. The predicted molar refractivity (Wildman–Crippen MR) is 426 cm³/mol. The zero-order chi connectivity index (χ0) is 83.6. The van der Waals surface area contributed by atoms with Crippen molar-refractivity contribution in [2.45, 2.75) is 304 Å². The molecule has 2 rings (SSSR count). The van der Waals surface area contributed by atoms with Gasteiger partial charge in [0.2, 0.25) is 0 Å². The molecule has 2 N–H and O–H groups in total. The standard InChI is InChI=1S/C13H20O2.2C12H20O2.2C11H18O2.C9H16O3.C9H16O.C4H3FN2OS.C4H10/c1-13(2,3)12(15)9-8-11(14)7-6-10-4-5-10;1-9(2)8-10(13)6-7-11(14)12(3,4)5;1-5-6-7-10(13)8-9-11(14)12(2,3)4;1-8(2)9(12)6-7-10(13)11(3,4)5;1-5-6-9(12)7-8-10(13)11(2,3)4;1-9(2,3)12-7-5-6-8(10)11-4;1-7(2)6-8(10)9(3,4)5;5-4-7-2(1-9-4)3(6)8;1-4(2)3/h6-7,10H,4-5,8-9H2,1-3H3;8H,6-7H2,1-5H3;6-7H,5,8-9H2,1-4H3;1,6-7H2,2-5H3;5-6H,7-8H2,1-4H3;5-6H,7H2,1-4H3;6H,1-5H3;1H,(H2,6,8);4H,1-3H3/b7-6+;;7-6+;;2*6-5+;;;. The molecule has 1 aromatic rings. The molecule has 1 saturated carbocycles. The Morgan fingerprint density at radius 3 is 1.12 bits per heavy atom. The van der Waals surface area contributed by atoms with E-state index in [0.29, 0.717) is 82.3 Å². The molecular weight excluding hydrogens is 1340 g/mol. The van der Waals surface area contributed by atoms with E-state index >= 15 is 0 Å². The Balaban J connectivity index is -0.000000206. The molecule has 1 amide bonds. The normalized spacial score (nSPS) is 12.0. The summed E-state index contributed by atoms with van der Waals surface area (Å²) in [7, 11) is 1.34. The number of halogens is 1. The Morgan fingerprint density at radius 2 is 0.875 bits per heavy atom. The van der Waals surface area contributed by atoms with Gasteiger partial charge in [-0.25, -0.2) is 9.78 Å². The molecule has 0 saturated heterocycles. The van der Waals surface area contributed by atoms with E-state index in [1.807, 2.05) is 192 Å². The molecule has 1 heterocycles. The maximum absolute atomic E-state index is 12.0. The molecule has 1 aliphatic carbocycles. The highest BCUT2D eigenvalue weighted by Gasteiger charge is 2.26. The number of Topliss-reactive ketones (excluding diaryl/α,β-unsaturated/α-hetero) is 6. The number of carbonyl (C=O) groups is 13. The number of amides is 1. The second-order valence-corrected chi connectivity index (χ2v) is 34.2. The Morgan fingerprint density at radius 1 is 0.529 bits per heavy atom. The van der Waals surface area contributed by atoms with Crippen LogP contribution in [0.2, 0.25) is 0 Å². The molecule has 1 aliphatic rings. The van der Waals surface area contributed by atoms with Crippen LogP contribution < -0.4 is 5.73 Å². The molecule has 104 heavy (non-hydrogen) atoms. The smallest absolute Gasteiger partial charge is 0.330 e. The molecule has 0 aromatic carbocycles. The third kappa shape index (κ3) is 77.6. The largest absolute Gasteiger partial charge is 0.466 e. The molecule has 0 spiro atoms. The predicted octanol–water partition coefficient (Wildman–Crippen LogP) is 19.9. The van der Waals surface area contributed by atoms with Crippen molar-refractivity contribution in [2.24, 2.45) is 50.1 Å². The van der Waals surface area contributed by atoms with E-state index in [1.54, 1.807) is 50.3 Å². The van der Waals surface area contributed by atoms with E-state index in [1.165, 1.54) is 37.5 Å². The van der Waals surface area contributed by atoms with Crippen molar-refractivity contribution in [1.82, 2.24) is 4.98 Å². The number of hydrogen-bond donors (Lipinski definition) is 1. The summed E-state index contributed by atoms with van der Waals surface area (Å²) in [5.41, 5.74) is 5.31. The van der Waals surface area contributed by atoms with Gasteiger partial charge in [-0.05, 0) is 129 Å². The number of thiazole rings is 1. The van der Waals surface area contributed by atoms with Crippen molar-refractivity contribution in [3.05, 3.63) is 100 Å². The minimum atomic E-state index is -0.699. The molecular formula is C85H141FN2O15S. The average Bonchev–Trinajstić information content (AvgIpc) is 1.64. The maximum atomic E-state index is 12.0. The molecule has 0 atom stereocenters. The average molecular weight is 1480 g/mol. The Bertz CT molecular complexity index is 3020. The zero-order valence-electron chi connectivity index (χ0n) is 70.5. The first kappa shape index (κ1) is 110. The van der Waals surface area contributed by atoms with Crippen LogP contribution in [0.25, 0.3) is 0 Å². The van der Waals surface area contributed by atoms with Crippen LogP contribution in [0.4, 0.5) is 4.39 Å². The second-order valence-electron chi connectivity index (χ2n) is 33.4. The summed E-state index contributed by atoms with van der Waals surface area (Å²) >= 11 is 0.754. The van der Waals surface area contributed by atoms with E-state index in [-0.39, 0.29) is 113 Å². The summed E-state index contributed by atoms with van der Waals surface area (Å²) in [6, 6.07) is 0. The number of hydrogen-bond acceptors (Lipinski definition) is 17. The van der Waals surface area contributed by atoms with Crippen LogP contribution in [0.1, 0.15) is 309 Å². The lowest BCUT2D eigenvalue weighted by Gasteiger charge is -2.17. The monoisotopic (exact) mass is 1480 g/mol. The number of ketones is 11. The lowest BCUT2D eigenvalue weighted by atomic mass is 9.87. The fourth-order valence-corrected chi connectivity index (χ4v) is 6.76. The minimum absolute atomic E-state index is 0.0161. The number of nitrogens with zero attached hydrogens (tertiary/aromatic N) is 1. The van der Waals surface area contributed by atoms with Gasteiger partial charge in [-0.1, -0.05) is 206 Å². The first-order valence-corrected chi connectivity index (χ1v) is 36.8. The van der Waals surface area contributed by atoms with Crippen LogP contribution in [-0.2, 0) is 67.0 Å². The number of rotatable bonds is 27. The summed E-state index contributed by atoms with van der Waals surface area (Å²) in [6.07, 6.45) is 23.2. The topological polar surface area (TPSA) is 279 Å². The van der Waals surface area contributed by atoms with Crippen molar-refractivity contribution in [1.29, 1.82) is 0 Å². The molecule has 0 aliphatic heterocycles. The summed E-state index contributed by atoms with van der Waals surface area (Å²) in [4.78, 5) is 148. The summed E-state index contributed by atoms with van der Waals surface area (Å²) < 4.78 is 21.7. The third-order valence-corrected chi connectivity index (χ3v) is 13.7. The van der Waals surface area contributed by atoms with Gasteiger partial charge in [0.25, 0.3) is 11.2 Å². The van der Waals surface area contributed by atoms with Crippen molar-refractivity contribution in [3.63, 3.8) is 0 Å². The number of allylic oxidation sites excluding steroid dienone is 11. The van der Waals surface area contributed by atoms with Crippen molar-refractivity contribution in [2.75, 3.05) is 13.7 Å². The van der Waals surface area contributed by atoms with Crippen LogP contribution in [0, 0.1) is 49.6 Å². The number of primary amides is 1. The fraction of sp³-hybridized carbons (Fsp3) is 0.647. The quantitative estimate of drug-likeness (QED) is 0.0633. The van der Waals surface area contributed by atoms with Crippen LogP contribution in [-0.4, -0.2) is 99.8 Å². The van der Waals surface area contributed by atoms with Crippen molar-refractivity contribution in [3.8, 4) is 0 Å². The summed E-state index contributed by atoms with van der Waals surface area (Å²) in [5.74, 6) is 1.53. The number of methoxy groups -OCH3 is 1. The highest BCUT2D eigenvalue weighted by Crippen LogP contribution is 2.30. The first-order chi connectivity index (χ1) is 46.8. The molecule has 1 fully saturated rings. The number of esters is 1. The fourth-order valence-electron chi connectivity index (χ4n) is 6.23. The van der Waals surface area contributed by atoms with Gasteiger partial charge in [0, 0.05) is 108 Å². The first-order valence-electron chi connectivity index (χ1n) is 35.9. The number of aromatic nitrogens is 1. The van der Waals surface area contributed by atoms with Crippen LogP contribution in [0.3, 0.4) is 0 Å². The molecule has 17 nitrogen and oxygen atoms in total. The third-order valence-electron chi connectivity index (χ3n) is 13.1. The maximum Gasteiger partial charge on any atom is 0.330 e. The highest BCUT2D eigenvalue weighted by molar-refractivity contribution is 7.08. The number of carbonyl (C=O) groups excluding carboxylic acids is 13. The zero-order valence-corrected chi connectivity index (χ0v) is 71.4. The van der Waals surface area contributed by atoms with E-state index < -0.39 is 11.2 Å². The minimum Gasteiger partial charge on any atom is -0.466 e. The van der Waals surface area contributed by atoms with Crippen LogP contribution in [0.15, 0.2) is 89.4 Å². The van der Waals surface area contributed by atoms with Gasteiger partial charge in [0.15, 0.2) is 34.7 Å². The molecule has 0 bridgehead atoms. The molecule has 1 aromatic heterocycles. The highest BCUT2D eigenvalue weighted by atomic mass is 32.1. The van der Waals surface area contributed by atoms with Gasteiger partial charge >= 0.3 is 5.97 Å². The van der Waals surface area contributed by atoms with Crippen LogP contribution in [0.5, 0.6) is 0 Å². The van der Waals surface area contributed by atoms with E-state index in [4.69, 9.17) is 10.5 Å². The van der Waals surface area contributed by atoms with Gasteiger partial charge in [0.05, 0.1) is 19.3 Å². The summed E-state index contributed by atoms with van der Waals surface area (Å²) in [6.45, 7) is 63.3. The van der Waals surface area contributed by atoms with Crippen LogP contribution >= 0.6 is 11.3 Å². The number of ether oxygens (including phenoxy) is 2.